The number of amides is 14. The highest BCUT2D eigenvalue weighted by Crippen LogP contribution is 2.23. The first-order chi connectivity index (χ1) is 59.3. The Morgan fingerprint density at radius 3 is 1.65 bits per heavy atom. The summed E-state index contributed by atoms with van der Waals surface area (Å²) in [6, 6.07) is 9.25. The Labute approximate surface area is 717 Å². The molecule has 11 atom stereocenters. The van der Waals surface area contributed by atoms with Gasteiger partial charge < -0.3 is 120 Å². The minimum atomic E-state index is -1.86. The Kier molecular flexibility index (Phi) is 36.4. The van der Waals surface area contributed by atoms with Crippen molar-refractivity contribution >= 4 is 117 Å². The summed E-state index contributed by atoms with van der Waals surface area (Å²) < 4.78 is 1.54. The third kappa shape index (κ3) is 28.9. The number of nitrogens with zero attached hydrogens (tertiary/aromatic N) is 7. The number of carbonyl (C=O) groups is 14. The van der Waals surface area contributed by atoms with Gasteiger partial charge in [0.25, 0.3) is 0 Å². The number of H-pyrrole nitrogens is 2. The Hall–Kier alpha value is -14.0. The van der Waals surface area contributed by atoms with Crippen LogP contribution < -0.4 is 81.0 Å². The number of aromatic nitrogens is 6. The van der Waals surface area contributed by atoms with Crippen molar-refractivity contribution in [2.45, 2.75) is 144 Å². The van der Waals surface area contributed by atoms with Gasteiger partial charge in [0.15, 0.2) is 11.9 Å². The smallest absolute Gasteiger partial charge is 0.245 e. The highest BCUT2D eigenvalue weighted by atomic mass is 32.2. The minimum Gasteiger partial charge on any atom is -0.508 e. The topological polar surface area (TPSA) is 634 Å². The van der Waals surface area contributed by atoms with E-state index in [2.05, 4.69) is 88.7 Å². The zero-order chi connectivity index (χ0) is 90.1. The van der Waals surface area contributed by atoms with E-state index in [1.54, 1.807) is 67.1 Å². The average molecular weight is 1730 g/mol. The predicted octanol–water partition coefficient (Wildman–Crippen LogP) is -4.77. The standard InChI is InChI=1S/C81H108N26O16S/c1-6-55-71(115)99-57(31-49-19-12-18-48-17-10-11-20-54(48)49)72(116)100-58(32-50-35-87-43-94-50)69(113)93-39-67(111)96-61(40-108)74(118)98-56(21-13-27-90-80(83)84)78(122)107(5)65(30-47-23-25-53(109)26-24-47)77(121)102-60(33-51-36-88-44-95-51)79(123)106(4)63(22-14-28-91-81(85)86)75(119)101-59(34-52-37-89-45-104(52)2)73(117)103-62(70(114)92-38-66(82)110)41-124-42-68(112)105(3)64(76(120)97-55)29-46-15-8-7-9-16-46/h7-12,15-20,23-26,35-37,43-45,55-65,108-109H,6,13-14,21-22,27-34,38-42H2,1-5H3,(H2,82,110)(H,87,94)(H,88,95)(H,92,114)(H,93,113)(H,96,111)(H,97,120)(H,98,118)(H,99,115)(H,100,116)(H,101,119)(H,102,121)(H,103,117)(H4,83,84,90)(H4,85,86,91). The van der Waals surface area contributed by atoms with Gasteiger partial charge in [0, 0.05) is 110 Å². The second kappa shape index (κ2) is 47.3. The second-order valence-corrected chi connectivity index (χ2v) is 30.6. The molecule has 0 bridgehead atoms. The van der Waals surface area contributed by atoms with Gasteiger partial charge in [0.2, 0.25) is 82.7 Å². The fraction of sp³-hybridized carbons (Fsp3) is 0.420. The van der Waals surface area contributed by atoms with Crippen LogP contribution in [0.15, 0.2) is 135 Å². The summed E-state index contributed by atoms with van der Waals surface area (Å²) in [6.07, 6.45) is 6.05. The lowest BCUT2D eigenvalue weighted by atomic mass is 9.97. The fourth-order valence-electron chi connectivity index (χ4n) is 13.6. The number of fused-ring (bicyclic) bond motifs is 1. The SMILES string of the molecule is CCC1NC(=O)C(Cc2ccccc2)N(C)C(=O)CSCC(C(=O)NCC(N)=O)NC(=O)C(Cc2cncn2C)NC(=O)C(CCCNC(=N)N)N(C)C(=O)C(Cc2c[nH]cn2)NC(=O)C(Cc2ccc(O)cc2)N(C)C(=O)C(CCCNC(=N)N)NC(=O)C(CO)NC(=O)CNC(=O)C(Cc2c[nH]cn2)NC(=O)C(Cc2cccc3ccccc23)NC1=O. The lowest BCUT2D eigenvalue weighted by Gasteiger charge is -2.34. The molecule has 8 rings (SSSR count). The molecule has 3 aromatic heterocycles. The average Bonchev–Trinajstić information content (AvgIpc) is 0.832. The van der Waals surface area contributed by atoms with E-state index in [0.29, 0.717) is 27.8 Å². The number of likely N-dealkylation sites (N-methyl/N-ethyl adjacent to an activating group) is 3. The van der Waals surface area contributed by atoms with Crippen molar-refractivity contribution in [3.63, 3.8) is 0 Å². The number of nitrogens with two attached hydrogens (primary N) is 3. The number of aryl methyl sites for hydroxylation is 1. The van der Waals surface area contributed by atoms with Crippen LogP contribution in [0.3, 0.4) is 0 Å². The molecule has 0 spiro atoms. The quantitative estimate of drug-likeness (QED) is 0.0145. The predicted molar refractivity (Wildman–Crippen MR) is 454 cm³/mol. The molecule has 4 heterocycles. The number of phenols is 1. The highest BCUT2D eigenvalue weighted by Gasteiger charge is 2.41. The molecule has 42 nitrogen and oxygen atoms in total. The maximum absolute atomic E-state index is 15.6. The van der Waals surface area contributed by atoms with Gasteiger partial charge in [-0.05, 0) is 71.7 Å². The Morgan fingerprint density at radius 1 is 0.532 bits per heavy atom. The molecule has 124 heavy (non-hydrogen) atoms. The summed E-state index contributed by atoms with van der Waals surface area (Å²) >= 11 is 0.825. The summed E-state index contributed by atoms with van der Waals surface area (Å²) in [4.78, 5) is 228. The van der Waals surface area contributed by atoms with Crippen molar-refractivity contribution < 1.29 is 77.3 Å². The lowest BCUT2D eigenvalue weighted by Crippen LogP contribution is -2.61. The first kappa shape index (κ1) is 95.5. The largest absolute Gasteiger partial charge is 0.508 e. The van der Waals surface area contributed by atoms with Gasteiger partial charge in [0.05, 0.1) is 55.8 Å². The Balaban J connectivity index is 1.21. The molecule has 11 unspecified atom stereocenters. The summed E-state index contributed by atoms with van der Waals surface area (Å²) in [5.41, 5.74) is 19.1. The van der Waals surface area contributed by atoms with Crippen LogP contribution in [0.1, 0.15) is 72.8 Å². The number of aliphatic hydroxyl groups is 1. The third-order valence-corrected chi connectivity index (χ3v) is 21.6. The van der Waals surface area contributed by atoms with Gasteiger partial charge in [-0.3, -0.25) is 77.9 Å². The van der Waals surface area contributed by atoms with Crippen LogP contribution in [-0.4, -0.2) is 281 Å². The molecule has 43 heteroatoms. The van der Waals surface area contributed by atoms with Crippen LogP contribution in [0.4, 0.5) is 0 Å². The molecule has 1 saturated heterocycles. The maximum Gasteiger partial charge on any atom is 0.245 e. The van der Waals surface area contributed by atoms with E-state index < -0.39 is 192 Å². The molecule has 664 valence electrons. The zero-order valence-electron chi connectivity index (χ0n) is 69.2. The monoisotopic (exact) mass is 1730 g/mol. The van der Waals surface area contributed by atoms with Gasteiger partial charge in [0.1, 0.15) is 72.2 Å². The third-order valence-electron chi connectivity index (χ3n) is 20.6. The molecule has 1 aliphatic rings. The van der Waals surface area contributed by atoms with Crippen LogP contribution in [0, 0.1) is 10.8 Å². The number of aliphatic hydroxyl groups excluding tert-OH is 1. The number of thioether (sulfide) groups is 1. The number of carbonyl (C=O) groups excluding carboxylic acids is 14. The molecule has 0 radical (unpaired) electrons. The van der Waals surface area contributed by atoms with Crippen molar-refractivity contribution in [1.82, 2.24) is 108 Å². The number of aromatic hydroxyl groups is 1. The van der Waals surface area contributed by atoms with Gasteiger partial charge in [-0.25, -0.2) is 15.0 Å². The number of imidazole rings is 3. The van der Waals surface area contributed by atoms with Gasteiger partial charge in [-0.15, -0.1) is 11.8 Å². The minimum absolute atomic E-state index is 0.00188. The number of aromatic amines is 2. The van der Waals surface area contributed by atoms with E-state index in [0.717, 1.165) is 31.8 Å². The van der Waals surface area contributed by atoms with E-state index in [-0.39, 0.29) is 101 Å². The molecule has 1 fully saturated rings. The van der Waals surface area contributed by atoms with Gasteiger partial charge in [-0.1, -0.05) is 91.9 Å². The maximum atomic E-state index is 15.6. The number of hydrogen-bond donors (Lipinski definition) is 21. The van der Waals surface area contributed by atoms with Gasteiger partial charge in [-0.2, -0.15) is 0 Å². The van der Waals surface area contributed by atoms with Crippen molar-refractivity contribution in [2.75, 3.05) is 65.4 Å². The molecule has 0 aliphatic carbocycles. The summed E-state index contributed by atoms with van der Waals surface area (Å²) in [5, 5.41) is 69.7. The number of nitrogens with one attached hydrogen (secondary N) is 16. The van der Waals surface area contributed by atoms with Crippen LogP contribution in [-0.2, 0) is 113 Å². The van der Waals surface area contributed by atoms with Crippen molar-refractivity contribution in [1.29, 1.82) is 10.8 Å². The summed E-state index contributed by atoms with van der Waals surface area (Å²) in [7, 11) is 5.42. The van der Waals surface area contributed by atoms with Crippen molar-refractivity contribution in [3.8, 4) is 5.75 Å². The number of hydrogen-bond acceptors (Lipinski definition) is 22. The lowest BCUT2D eigenvalue weighted by molar-refractivity contribution is -0.145. The molecule has 7 aromatic rings. The molecule has 1 aliphatic heterocycles. The van der Waals surface area contributed by atoms with E-state index in [1.165, 1.54) is 83.0 Å². The molecule has 24 N–H and O–H groups in total. The van der Waals surface area contributed by atoms with Crippen molar-refractivity contribution in [2.24, 2.45) is 24.2 Å². The number of rotatable bonds is 25. The van der Waals surface area contributed by atoms with Crippen LogP contribution in [0.5, 0.6) is 5.75 Å². The number of guanidine groups is 2. The van der Waals surface area contributed by atoms with E-state index in [4.69, 9.17) is 28.0 Å². The molecular formula is C81H108N26O16S. The van der Waals surface area contributed by atoms with E-state index in [9.17, 15) is 43.8 Å². The zero-order valence-corrected chi connectivity index (χ0v) is 70.0. The van der Waals surface area contributed by atoms with E-state index in [1.807, 2.05) is 24.3 Å². The summed E-state index contributed by atoms with van der Waals surface area (Å²) in [6.45, 7) is -1.19. The highest BCUT2D eigenvalue weighted by molar-refractivity contribution is 8.00. The van der Waals surface area contributed by atoms with Crippen LogP contribution in [0.25, 0.3) is 10.8 Å². The number of phenolic OH excluding ortho intramolecular Hbond substituents is 1. The second-order valence-electron chi connectivity index (χ2n) is 29.6. The Bertz CT molecular complexity index is 4860. The first-order valence-electron chi connectivity index (χ1n) is 39.9. The molecular weight excluding hydrogens is 1630 g/mol. The fourth-order valence-corrected chi connectivity index (χ4v) is 14.6. The molecule has 0 saturated carbocycles. The molecule has 4 aromatic carbocycles. The Morgan fingerprint density at radius 2 is 1.05 bits per heavy atom. The first-order valence-corrected chi connectivity index (χ1v) is 41.0. The summed E-state index contributed by atoms with van der Waals surface area (Å²) in [5.74, 6) is -15.3. The van der Waals surface area contributed by atoms with Crippen LogP contribution in [0.2, 0.25) is 0 Å². The van der Waals surface area contributed by atoms with Crippen LogP contribution >= 0.6 is 11.8 Å². The number of benzene rings is 4. The van der Waals surface area contributed by atoms with E-state index >= 15 is 33.6 Å². The molecule has 14 amide bonds. The van der Waals surface area contributed by atoms with Crippen molar-refractivity contribution in [3.05, 3.63) is 168 Å². The normalized spacial score (nSPS) is 21.8. The number of primary amides is 1. The van der Waals surface area contributed by atoms with Gasteiger partial charge >= 0.3 is 0 Å².